The minimum Gasteiger partial charge on any atom is -0.479 e. The molecule has 0 bridgehead atoms. The number of carboxylic acid groups (broad SMARTS) is 1. The Bertz CT molecular complexity index is 593. The first kappa shape index (κ1) is 16.0. The predicted molar refractivity (Wildman–Crippen MR) is 76.2 cm³/mol. The third-order valence-corrected chi connectivity index (χ3v) is 3.45. The van der Waals surface area contributed by atoms with E-state index in [0.717, 1.165) is 5.56 Å². The summed E-state index contributed by atoms with van der Waals surface area (Å²) in [6.45, 7) is 0.300. The topological polar surface area (TPSA) is 66.8 Å². The largest absolute Gasteiger partial charge is 0.479 e. The number of halogens is 1. The van der Waals surface area contributed by atoms with Gasteiger partial charge in [0, 0.05) is 6.54 Å². The van der Waals surface area contributed by atoms with Crippen LogP contribution in [-0.4, -0.2) is 40.6 Å². The van der Waals surface area contributed by atoms with Crippen molar-refractivity contribution < 1.29 is 23.8 Å². The molecule has 1 N–H and O–H groups in total. The average molecular weight is 305 g/mol. The molecule has 0 aliphatic carbocycles. The summed E-state index contributed by atoms with van der Waals surface area (Å²) in [6.07, 6.45) is 4.18. The summed E-state index contributed by atoms with van der Waals surface area (Å²) in [5, 5.41) is 8.90. The van der Waals surface area contributed by atoms with Crippen LogP contribution in [0.15, 0.2) is 24.3 Å². The number of rotatable bonds is 5. The molecule has 1 heterocycles. The fourth-order valence-corrected chi connectivity index (χ4v) is 2.34. The van der Waals surface area contributed by atoms with E-state index in [-0.39, 0.29) is 24.8 Å². The minimum absolute atomic E-state index is 0.0772. The smallest absolute Gasteiger partial charge is 0.332 e. The van der Waals surface area contributed by atoms with Crippen LogP contribution in [0.25, 0.3) is 0 Å². The molecule has 1 amide bonds. The molecule has 1 aromatic carbocycles. The lowest BCUT2D eigenvalue weighted by Gasteiger charge is -2.23. The summed E-state index contributed by atoms with van der Waals surface area (Å²) in [5.41, 5.74) is 0.734. The van der Waals surface area contributed by atoms with Crippen LogP contribution >= 0.6 is 0 Å². The van der Waals surface area contributed by atoms with Crippen LogP contribution in [0, 0.1) is 18.2 Å². The van der Waals surface area contributed by atoms with Crippen LogP contribution in [0.3, 0.4) is 0 Å². The Labute approximate surface area is 127 Å². The molecular weight excluding hydrogens is 289 g/mol. The van der Waals surface area contributed by atoms with Gasteiger partial charge >= 0.3 is 5.97 Å². The van der Waals surface area contributed by atoms with Crippen LogP contribution in [0.5, 0.6) is 0 Å². The molecule has 0 spiro atoms. The standard InChI is InChI=1S/C16H16FNO4/c1-2-9-18(10-11-3-5-12(17)6-4-11)15(19)13-7-8-14(22-13)16(20)21/h1,3-6,13-14H,7-10H2,(H,20,21)/t13-,14+/m0/s1. The van der Waals surface area contributed by atoms with Crippen LogP contribution in [0.1, 0.15) is 18.4 Å². The first-order valence-electron chi connectivity index (χ1n) is 6.86. The van der Waals surface area contributed by atoms with Gasteiger partial charge < -0.3 is 14.7 Å². The van der Waals surface area contributed by atoms with E-state index in [1.165, 1.54) is 17.0 Å². The second kappa shape index (κ2) is 7.05. The van der Waals surface area contributed by atoms with Gasteiger partial charge in [0.2, 0.25) is 0 Å². The van der Waals surface area contributed by atoms with E-state index in [1.807, 2.05) is 0 Å². The van der Waals surface area contributed by atoms with Gasteiger partial charge in [-0.25, -0.2) is 9.18 Å². The molecule has 0 aromatic heterocycles. The number of ether oxygens (including phenoxy) is 1. The monoisotopic (exact) mass is 305 g/mol. The molecule has 6 heteroatoms. The zero-order valence-corrected chi connectivity index (χ0v) is 11.9. The summed E-state index contributed by atoms with van der Waals surface area (Å²) in [7, 11) is 0. The lowest BCUT2D eigenvalue weighted by Crippen LogP contribution is -2.39. The molecule has 1 aliphatic heterocycles. The number of carbonyl (C=O) groups is 2. The number of hydrogen-bond acceptors (Lipinski definition) is 3. The number of amides is 1. The Morgan fingerprint density at radius 1 is 1.32 bits per heavy atom. The number of carboxylic acids is 1. The second-order valence-corrected chi connectivity index (χ2v) is 5.05. The molecule has 2 rings (SSSR count). The molecule has 22 heavy (non-hydrogen) atoms. The van der Waals surface area contributed by atoms with Gasteiger partial charge in [-0.05, 0) is 30.5 Å². The summed E-state index contributed by atoms with van der Waals surface area (Å²) in [5.74, 6) is 0.624. The third-order valence-electron chi connectivity index (χ3n) is 3.45. The number of terminal acetylenes is 1. The van der Waals surface area contributed by atoms with E-state index in [0.29, 0.717) is 12.8 Å². The summed E-state index contributed by atoms with van der Waals surface area (Å²) in [6, 6.07) is 5.75. The van der Waals surface area contributed by atoms with Crippen LogP contribution in [0.2, 0.25) is 0 Å². The Balaban J connectivity index is 2.04. The van der Waals surface area contributed by atoms with Crippen molar-refractivity contribution in [2.75, 3.05) is 6.54 Å². The Hall–Kier alpha value is -2.39. The van der Waals surface area contributed by atoms with Crippen molar-refractivity contribution in [3.63, 3.8) is 0 Å². The van der Waals surface area contributed by atoms with E-state index in [9.17, 15) is 14.0 Å². The summed E-state index contributed by atoms with van der Waals surface area (Å²) in [4.78, 5) is 24.7. The van der Waals surface area contributed by atoms with Crippen LogP contribution < -0.4 is 0 Å². The minimum atomic E-state index is -1.07. The number of benzene rings is 1. The van der Waals surface area contributed by atoms with Crippen molar-refractivity contribution in [3.05, 3.63) is 35.6 Å². The van der Waals surface area contributed by atoms with Gasteiger partial charge in [-0.3, -0.25) is 4.79 Å². The van der Waals surface area contributed by atoms with E-state index in [4.69, 9.17) is 16.3 Å². The average Bonchev–Trinajstić information content (AvgIpc) is 2.98. The lowest BCUT2D eigenvalue weighted by atomic mass is 10.1. The molecule has 116 valence electrons. The van der Waals surface area contributed by atoms with Gasteiger partial charge in [0.1, 0.15) is 11.9 Å². The SMILES string of the molecule is C#CCN(Cc1ccc(F)cc1)C(=O)[C@@H]1CC[C@H](C(=O)O)O1. The zero-order chi connectivity index (χ0) is 16.1. The number of aliphatic carboxylic acids is 1. The molecule has 1 aromatic rings. The normalized spacial score (nSPS) is 20.4. The molecule has 0 radical (unpaired) electrons. The number of nitrogens with zero attached hydrogens (tertiary/aromatic N) is 1. The highest BCUT2D eigenvalue weighted by Crippen LogP contribution is 2.22. The molecular formula is C16H16FNO4. The zero-order valence-electron chi connectivity index (χ0n) is 11.9. The van der Waals surface area contributed by atoms with E-state index in [2.05, 4.69) is 5.92 Å². The summed E-state index contributed by atoms with van der Waals surface area (Å²) < 4.78 is 18.2. The highest BCUT2D eigenvalue weighted by atomic mass is 19.1. The van der Waals surface area contributed by atoms with Gasteiger partial charge in [-0.1, -0.05) is 18.1 Å². The van der Waals surface area contributed by atoms with Gasteiger partial charge in [-0.2, -0.15) is 0 Å². The first-order chi connectivity index (χ1) is 10.5. The van der Waals surface area contributed by atoms with Crippen molar-refractivity contribution >= 4 is 11.9 Å². The number of hydrogen-bond donors (Lipinski definition) is 1. The van der Waals surface area contributed by atoms with E-state index in [1.54, 1.807) is 12.1 Å². The quantitative estimate of drug-likeness (QED) is 0.836. The fraction of sp³-hybridized carbons (Fsp3) is 0.375. The molecule has 0 unspecified atom stereocenters. The van der Waals surface area contributed by atoms with Gasteiger partial charge in [-0.15, -0.1) is 6.42 Å². The van der Waals surface area contributed by atoms with Crippen molar-refractivity contribution in [1.29, 1.82) is 0 Å². The maximum absolute atomic E-state index is 12.9. The highest BCUT2D eigenvalue weighted by molar-refractivity contribution is 5.83. The third kappa shape index (κ3) is 3.83. The van der Waals surface area contributed by atoms with Gasteiger partial charge in [0.25, 0.3) is 5.91 Å². The Morgan fingerprint density at radius 2 is 1.95 bits per heavy atom. The molecule has 2 atom stereocenters. The van der Waals surface area contributed by atoms with Crippen molar-refractivity contribution in [2.24, 2.45) is 0 Å². The Morgan fingerprint density at radius 3 is 2.50 bits per heavy atom. The maximum Gasteiger partial charge on any atom is 0.332 e. The highest BCUT2D eigenvalue weighted by Gasteiger charge is 2.36. The first-order valence-corrected chi connectivity index (χ1v) is 6.86. The van der Waals surface area contributed by atoms with E-state index < -0.39 is 18.2 Å². The second-order valence-electron chi connectivity index (χ2n) is 5.05. The predicted octanol–water partition coefficient (Wildman–Crippen LogP) is 1.42. The van der Waals surface area contributed by atoms with E-state index >= 15 is 0 Å². The maximum atomic E-state index is 12.9. The van der Waals surface area contributed by atoms with Gasteiger partial charge in [0.15, 0.2) is 6.10 Å². The lowest BCUT2D eigenvalue weighted by molar-refractivity contribution is -0.154. The van der Waals surface area contributed by atoms with Crippen molar-refractivity contribution in [2.45, 2.75) is 31.6 Å². The van der Waals surface area contributed by atoms with Crippen LogP contribution in [-0.2, 0) is 20.9 Å². The molecule has 1 fully saturated rings. The number of carbonyl (C=O) groups excluding carboxylic acids is 1. The molecule has 1 saturated heterocycles. The Kier molecular flexibility index (Phi) is 5.12. The van der Waals surface area contributed by atoms with Gasteiger partial charge in [0.05, 0.1) is 6.54 Å². The fourth-order valence-electron chi connectivity index (χ4n) is 2.34. The molecule has 5 nitrogen and oxygen atoms in total. The summed E-state index contributed by atoms with van der Waals surface area (Å²) >= 11 is 0. The molecule has 1 aliphatic rings. The van der Waals surface area contributed by atoms with Crippen molar-refractivity contribution in [3.8, 4) is 12.3 Å². The van der Waals surface area contributed by atoms with Crippen LogP contribution in [0.4, 0.5) is 4.39 Å². The molecule has 0 saturated carbocycles. The van der Waals surface area contributed by atoms with Crippen molar-refractivity contribution in [1.82, 2.24) is 4.90 Å².